The molecule has 28 heavy (non-hydrogen) atoms. The number of alkyl halides is 1. The molecule has 0 spiro atoms. The van der Waals surface area contributed by atoms with E-state index in [1.165, 1.54) is 5.57 Å². The average Bonchev–Trinajstić information content (AvgIpc) is 3.42. The van der Waals surface area contributed by atoms with Crippen LogP contribution < -0.4 is 0 Å². The molecule has 3 nitrogen and oxygen atoms in total. The van der Waals surface area contributed by atoms with Crippen molar-refractivity contribution in [3.8, 4) is 0 Å². The van der Waals surface area contributed by atoms with Crippen LogP contribution in [0.2, 0.25) is 5.02 Å². The van der Waals surface area contributed by atoms with Crippen LogP contribution in [0, 0.1) is 0 Å². The summed E-state index contributed by atoms with van der Waals surface area (Å²) in [4.78, 5) is 4.86. The summed E-state index contributed by atoms with van der Waals surface area (Å²) in [5.41, 5.74) is 0.751. The van der Waals surface area contributed by atoms with Gasteiger partial charge in [0.25, 0.3) is 0 Å². The summed E-state index contributed by atoms with van der Waals surface area (Å²) in [6, 6.07) is 7.91. The van der Waals surface area contributed by atoms with Crippen molar-refractivity contribution in [2.24, 2.45) is 4.99 Å². The zero-order chi connectivity index (χ0) is 19.8. The molecule has 4 unspecified atom stereocenters. The second-order valence-electron chi connectivity index (χ2n) is 9.03. The first-order valence-corrected chi connectivity index (χ1v) is 10.9. The lowest BCUT2D eigenvalue weighted by Gasteiger charge is -2.36. The number of halogens is 2. The van der Waals surface area contributed by atoms with E-state index in [0.29, 0.717) is 22.5 Å². The van der Waals surface area contributed by atoms with E-state index in [0.717, 1.165) is 29.8 Å². The Kier molecular flexibility index (Phi) is 4.06. The van der Waals surface area contributed by atoms with Crippen molar-refractivity contribution >= 4 is 46.5 Å². The lowest BCUT2D eigenvalue weighted by molar-refractivity contribution is -0.794. The molecule has 4 aliphatic rings. The minimum atomic E-state index is -1.02. The number of quaternary nitrogens is 1. The number of benzene rings is 1. The molecule has 1 saturated heterocycles. The first-order chi connectivity index (χ1) is 13.2. The van der Waals surface area contributed by atoms with Crippen LogP contribution in [0.5, 0.6) is 0 Å². The van der Waals surface area contributed by atoms with E-state index in [1.807, 2.05) is 30.5 Å². The second-order valence-corrected chi connectivity index (χ2v) is 10.6. The molecule has 1 N–H and O–H groups in total. The maximum atomic E-state index is 11.7. The standard InChI is InChI=1S/C22H23Cl2N2OS/c1-26(12-18(26)19(28)20(13-25-20)10-15-6-7-15)14-22(27,21(24)8-9-21)11-16-4-2-3-5-17(16)23/h2-7,10,13,18,27H,8-9,11-12,14H2,1H3/q+1. The monoisotopic (exact) mass is 433 g/mol. The summed E-state index contributed by atoms with van der Waals surface area (Å²) in [5, 5.41) is 12.4. The molecular weight excluding hydrogens is 411 g/mol. The van der Waals surface area contributed by atoms with Gasteiger partial charge in [0.2, 0.25) is 0 Å². The van der Waals surface area contributed by atoms with Gasteiger partial charge in [-0.25, -0.2) is 0 Å². The van der Waals surface area contributed by atoms with Crippen LogP contribution in [0.4, 0.5) is 0 Å². The molecule has 146 valence electrons. The third-order valence-corrected chi connectivity index (χ3v) is 8.34. The Hall–Kier alpha value is -1.04. The number of aliphatic imine (C=N–C) groups is 1. The minimum absolute atomic E-state index is 0.213. The van der Waals surface area contributed by atoms with Gasteiger partial charge in [-0.05, 0) is 36.1 Å². The van der Waals surface area contributed by atoms with Crippen molar-refractivity contribution in [3.63, 3.8) is 0 Å². The van der Waals surface area contributed by atoms with Gasteiger partial charge in [-0.15, -0.1) is 11.6 Å². The quantitative estimate of drug-likeness (QED) is 0.291. The Balaban J connectivity index is 1.35. The van der Waals surface area contributed by atoms with Crippen LogP contribution in [-0.2, 0) is 6.42 Å². The van der Waals surface area contributed by atoms with Crippen molar-refractivity contribution in [1.29, 1.82) is 0 Å². The minimum Gasteiger partial charge on any atom is -0.382 e. The van der Waals surface area contributed by atoms with Gasteiger partial charge in [-0.3, -0.25) is 4.99 Å². The van der Waals surface area contributed by atoms with Crippen LogP contribution in [-0.4, -0.2) is 62.9 Å². The largest absolute Gasteiger partial charge is 0.382 e. The Bertz CT molecular complexity index is 953. The van der Waals surface area contributed by atoms with E-state index in [1.54, 1.807) is 0 Å². The number of likely N-dealkylation sites (N-methyl/N-ethyl adjacent to an activating group) is 1. The maximum absolute atomic E-state index is 11.7. The van der Waals surface area contributed by atoms with Crippen molar-refractivity contribution in [2.45, 2.75) is 41.3 Å². The fraction of sp³-hybridized carbons (Fsp3) is 0.455. The van der Waals surface area contributed by atoms with Crippen molar-refractivity contribution < 1.29 is 9.59 Å². The number of hydrogen-bond acceptors (Lipinski definition) is 3. The van der Waals surface area contributed by atoms with E-state index in [9.17, 15) is 5.11 Å². The number of nitrogens with zero attached hydrogens (tertiary/aromatic N) is 2. The molecule has 5 rings (SSSR count). The van der Waals surface area contributed by atoms with Crippen LogP contribution in [0.1, 0.15) is 18.4 Å². The number of hydrogen-bond donors (Lipinski definition) is 1. The van der Waals surface area contributed by atoms with Gasteiger partial charge in [-0.2, -0.15) is 0 Å². The molecule has 0 aromatic heterocycles. The fourth-order valence-corrected chi connectivity index (χ4v) is 5.30. The summed E-state index contributed by atoms with van der Waals surface area (Å²) in [7, 11) is 2.16. The number of rotatable bonds is 8. The molecular formula is C22H23Cl2N2OS+. The molecule has 1 aromatic rings. The summed E-state index contributed by atoms with van der Waals surface area (Å²) >= 11 is 19.0. The molecule has 0 bridgehead atoms. The van der Waals surface area contributed by atoms with Crippen LogP contribution in [0.25, 0.3) is 0 Å². The first kappa shape index (κ1) is 19.0. The molecule has 2 heterocycles. The van der Waals surface area contributed by atoms with Crippen LogP contribution in [0.15, 0.2) is 53.1 Å². The predicted octanol–water partition coefficient (Wildman–Crippen LogP) is 3.90. The molecule has 4 atom stereocenters. The fourth-order valence-electron chi connectivity index (χ4n) is 4.38. The Morgan fingerprint density at radius 3 is 2.64 bits per heavy atom. The molecule has 1 aromatic carbocycles. The maximum Gasteiger partial charge on any atom is 0.174 e. The summed E-state index contributed by atoms with van der Waals surface area (Å²) in [6.45, 7) is 1.48. The SMILES string of the molecule is C[N+]1(CC(O)(Cc2ccccc2Cl)C2(Cl)CC2)CC1C(=S)C1(C=C2C=C2)C=N1. The molecule has 2 aliphatic heterocycles. The molecule has 0 radical (unpaired) electrons. The number of allylic oxidation sites excluding steroid dienone is 3. The normalized spacial score (nSPS) is 35.3. The van der Waals surface area contributed by atoms with Crippen LogP contribution in [0.3, 0.4) is 0 Å². The van der Waals surface area contributed by atoms with Gasteiger partial charge in [0.1, 0.15) is 18.7 Å². The highest BCUT2D eigenvalue weighted by atomic mass is 35.5. The van der Waals surface area contributed by atoms with Gasteiger partial charge in [0.15, 0.2) is 11.6 Å². The predicted molar refractivity (Wildman–Crippen MR) is 119 cm³/mol. The molecule has 2 fully saturated rings. The summed E-state index contributed by atoms with van der Waals surface area (Å²) in [5.74, 6) is 0. The molecule has 1 saturated carbocycles. The zero-order valence-electron chi connectivity index (χ0n) is 15.7. The van der Waals surface area contributed by atoms with E-state index >= 15 is 0 Å². The van der Waals surface area contributed by atoms with E-state index in [-0.39, 0.29) is 11.6 Å². The molecule has 6 heteroatoms. The van der Waals surface area contributed by atoms with Crippen molar-refractivity contribution in [2.75, 3.05) is 20.1 Å². The summed E-state index contributed by atoms with van der Waals surface area (Å²) < 4.78 is 0.704. The topological polar surface area (TPSA) is 32.6 Å². The van der Waals surface area contributed by atoms with Gasteiger partial charge in [0.05, 0.1) is 16.8 Å². The van der Waals surface area contributed by atoms with E-state index in [2.05, 4.69) is 30.3 Å². The van der Waals surface area contributed by atoms with Crippen LogP contribution >= 0.6 is 35.4 Å². The highest BCUT2D eigenvalue weighted by Crippen LogP contribution is 2.54. The average molecular weight is 434 g/mol. The lowest BCUT2D eigenvalue weighted by Crippen LogP contribution is -2.54. The first-order valence-electron chi connectivity index (χ1n) is 9.69. The number of aliphatic hydroxyl groups is 1. The van der Waals surface area contributed by atoms with Crippen molar-refractivity contribution in [3.05, 3.63) is 58.7 Å². The smallest absolute Gasteiger partial charge is 0.174 e. The number of thiocarbonyl (C=S) groups is 1. The van der Waals surface area contributed by atoms with E-state index in [4.69, 9.17) is 35.4 Å². The summed E-state index contributed by atoms with van der Waals surface area (Å²) in [6.07, 6.45) is 10.3. The zero-order valence-corrected chi connectivity index (χ0v) is 18.1. The Morgan fingerprint density at radius 2 is 2.07 bits per heavy atom. The van der Waals surface area contributed by atoms with Gasteiger partial charge >= 0.3 is 0 Å². The third-order valence-electron chi connectivity index (χ3n) is 6.65. The van der Waals surface area contributed by atoms with Gasteiger partial charge in [0, 0.05) is 17.7 Å². The van der Waals surface area contributed by atoms with Gasteiger partial charge < -0.3 is 9.59 Å². The molecule has 0 amide bonds. The third kappa shape index (κ3) is 3.20. The Labute approximate surface area is 180 Å². The van der Waals surface area contributed by atoms with E-state index < -0.39 is 10.5 Å². The highest BCUT2D eigenvalue weighted by molar-refractivity contribution is 7.80. The lowest BCUT2D eigenvalue weighted by atomic mass is 9.88. The van der Waals surface area contributed by atoms with Crippen molar-refractivity contribution in [1.82, 2.24) is 0 Å². The Morgan fingerprint density at radius 1 is 1.39 bits per heavy atom. The molecule has 2 aliphatic carbocycles. The highest BCUT2D eigenvalue weighted by Gasteiger charge is 2.67. The van der Waals surface area contributed by atoms with Gasteiger partial charge in [-0.1, -0.05) is 54.2 Å². The second kappa shape index (κ2) is 5.99.